The summed E-state index contributed by atoms with van der Waals surface area (Å²) in [4.78, 5) is 26.5. The molecule has 31 heavy (non-hydrogen) atoms. The van der Waals surface area contributed by atoms with Crippen molar-refractivity contribution in [1.29, 1.82) is 0 Å². The maximum absolute atomic E-state index is 12.6. The molecule has 2 amide bonds. The normalized spacial score (nSPS) is 32.9. The number of amides is 2. The minimum Gasteiger partial charge on any atom is -0.378 e. The quantitative estimate of drug-likeness (QED) is 0.731. The lowest BCUT2D eigenvalue weighted by Crippen LogP contribution is -2.60. The Hall–Kier alpha value is -2.08. The Kier molecular flexibility index (Phi) is 5.80. The molecule has 3 fully saturated rings. The second-order valence-electron chi connectivity index (χ2n) is 10.6. The third-order valence-corrected chi connectivity index (χ3v) is 8.33. The fourth-order valence-electron chi connectivity index (χ4n) is 6.74. The summed E-state index contributed by atoms with van der Waals surface area (Å²) >= 11 is 0. The van der Waals surface area contributed by atoms with E-state index in [-0.39, 0.29) is 34.8 Å². The van der Waals surface area contributed by atoms with Gasteiger partial charge in [-0.1, -0.05) is 13.8 Å². The van der Waals surface area contributed by atoms with E-state index in [2.05, 4.69) is 24.5 Å². The van der Waals surface area contributed by atoms with E-state index in [0.29, 0.717) is 23.9 Å². The van der Waals surface area contributed by atoms with E-state index < -0.39 is 0 Å². The predicted molar refractivity (Wildman–Crippen MR) is 122 cm³/mol. The molecule has 0 unspecified atom stereocenters. The molecule has 0 aromatic heterocycles. The molecule has 1 spiro atoms. The van der Waals surface area contributed by atoms with Gasteiger partial charge in [-0.2, -0.15) is 0 Å². The average Bonchev–Trinajstić information content (AvgIpc) is 3.21. The van der Waals surface area contributed by atoms with Crippen molar-refractivity contribution in [3.05, 3.63) is 29.8 Å². The number of hydrogen-bond acceptors (Lipinski definition) is 4. The van der Waals surface area contributed by atoms with E-state index in [9.17, 15) is 9.59 Å². The molecule has 2 aliphatic carbocycles. The SMILES string of the molecule is CC(=O)N[C@H]1C(C)(C)[C@@H]2C[C@@H]3[C@@H](CCNC(=O)c4ccc(N(C)C)cc4)OCC[C@@]31C2. The number of nitrogens with one attached hydrogen (secondary N) is 2. The lowest BCUT2D eigenvalue weighted by molar-refractivity contribution is -0.135. The van der Waals surface area contributed by atoms with E-state index >= 15 is 0 Å². The number of benzene rings is 1. The first-order chi connectivity index (χ1) is 14.6. The van der Waals surface area contributed by atoms with Crippen LogP contribution in [-0.4, -0.2) is 51.2 Å². The van der Waals surface area contributed by atoms with E-state index in [1.165, 1.54) is 6.42 Å². The molecule has 1 aromatic carbocycles. The third kappa shape index (κ3) is 3.84. The van der Waals surface area contributed by atoms with Gasteiger partial charge in [-0.25, -0.2) is 0 Å². The minimum atomic E-state index is -0.0407. The van der Waals surface area contributed by atoms with Gasteiger partial charge < -0.3 is 20.3 Å². The van der Waals surface area contributed by atoms with Crippen molar-refractivity contribution in [2.24, 2.45) is 22.7 Å². The Morgan fingerprint density at radius 3 is 2.55 bits per heavy atom. The molecule has 0 radical (unpaired) electrons. The highest BCUT2D eigenvalue weighted by molar-refractivity contribution is 5.94. The molecule has 1 aliphatic heterocycles. The topological polar surface area (TPSA) is 70.7 Å². The maximum atomic E-state index is 12.6. The highest BCUT2D eigenvalue weighted by Crippen LogP contribution is 2.68. The molecule has 1 heterocycles. The number of carbonyl (C=O) groups is 2. The Morgan fingerprint density at radius 2 is 1.90 bits per heavy atom. The summed E-state index contributed by atoms with van der Waals surface area (Å²) in [7, 11) is 3.97. The van der Waals surface area contributed by atoms with Crippen molar-refractivity contribution in [2.45, 2.75) is 58.6 Å². The van der Waals surface area contributed by atoms with Crippen molar-refractivity contribution in [3.8, 4) is 0 Å². The highest BCUT2D eigenvalue weighted by atomic mass is 16.5. The van der Waals surface area contributed by atoms with E-state index in [0.717, 1.165) is 31.6 Å². The molecular formula is C25H37N3O3. The summed E-state index contributed by atoms with van der Waals surface area (Å²) in [6.07, 6.45) is 4.31. The Morgan fingerprint density at radius 1 is 1.19 bits per heavy atom. The summed E-state index contributed by atoms with van der Waals surface area (Å²) < 4.78 is 6.22. The number of ether oxygens (including phenoxy) is 1. The molecule has 6 heteroatoms. The summed E-state index contributed by atoms with van der Waals surface area (Å²) in [5, 5.41) is 6.39. The fraction of sp³-hybridized carbons (Fsp3) is 0.680. The predicted octanol–water partition coefficient (Wildman–Crippen LogP) is 3.22. The van der Waals surface area contributed by atoms with E-state index in [1.54, 1.807) is 6.92 Å². The van der Waals surface area contributed by atoms with E-state index in [4.69, 9.17) is 4.74 Å². The van der Waals surface area contributed by atoms with Crippen LogP contribution in [-0.2, 0) is 9.53 Å². The molecule has 2 N–H and O–H groups in total. The zero-order valence-corrected chi connectivity index (χ0v) is 19.5. The van der Waals surface area contributed by atoms with Crippen molar-refractivity contribution in [1.82, 2.24) is 10.6 Å². The van der Waals surface area contributed by atoms with Crippen LogP contribution in [0.25, 0.3) is 0 Å². The summed E-state index contributed by atoms with van der Waals surface area (Å²) in [6.45, 7) is 7.60. The van der Waals surface area contributed by atoms with Crippen molar-refractivity contribution >= 4 is 17.5 Å². The molecule has 1 saturated heterocycles. The zero-order valence-electron chi connectivity index (χ0n) is 19.5. The number of hydrogen-bond donors (Lipinski definition) is 2. The molecule has 4 rings (SSSR count). The second-order valence-corrected chi connectivity index (χ2v) is 10.6. The maximum Gasteiger partial charge on any atom is 0.251 e. The van der Waals surface area contributed by atoms with Crippen LogP contribution in [0.5, 0.6) is 0 Å². The first-order valence-corrected chi connectivity index (χ1v) is 11.6. The van der Waals surface area contributed by atoms with Crippen LogP contribution in [0.2, 0.25) is 0 Å². The highest BCUT2D eigenvalue weighted by Gasteiger charge is 2.68. The Bertz CT molecular complexity index is 835. The fourth-order valence-corrected chi connectivity index (χ4v) is 6.74. The number of fused-ring (bicyclic) bond motifs is 1. The monoisotopic (exact) mass is 427 g/mol. The van der Waals surface area contributed by atoms with Crippen LogP contribution in [0.1, 0.15) is 56.8 Å². The molecule has 3 aliphatic rings. The van der Waals surface area contributed by atoms with Crippen molar-refractivity contribution in [2.75, 3.05) is 32.1 Å². The van der Waals surface area contributed by atoms with Gasteiger partial charge in [-0.05, 0) is 72.6 Å². The van der Waals surface area contributed by atoms with Gasteiger partial charge >= 0.3 is 0 Å². The van der Waals surface area contributed by atoms with Crippen LogP contribution in [0, 0.1) is 22.7 Å². The zero-order chi connectivity index (χ0) is 22.4. The molecule has 170 valence electrons. The Balaban J connectivity index is 1.38. The van der Waals surface area contributed by atoms with Gasteiger partial charge in [-0.3, -0.25) is 9.59 Å². The lowest BCUT2D eigenvalue weighted by Gasteiger charge is -2.53. The van der Waals surface area contributed by atoms with Gasteiger partial charge in [0.1, 0.15) is 0 Å². The largest absolute Gasteiger partial charge is 0.378 e. The molecule has 6 nitrogen and oxygen atoms in total. The number of rotatable bonds is 6. The van der Waals surface area contributed by atoms with Gasteiger partial charge in [0.05, 0.1) is 6.10 Å². The first-order valence-electron chi connectivity index (χ1n) is 11.6. The number of anilines is 1. The van der Waals surface area contributed by atoms with Gasteiger partial charge in [-0.15, -0.1) is 0 Å². The summed E-state index contributed by atoms with van der Waals surface area (Å²) in [5.74, 6) is 1.09. The van der Waals surface area contributed by atoms with Crippen molar-refractivity contribution < 1.29 is 14.3 Å². The molecule has 2 bridgehead atoms. The number of carbonyl (C=O) groups excluding carboxylic acids is 2. The molecular weight excluding hydrogens is 390 g/mol. The van der Waals surface area contributed by atoms with Crippen LogP contribution >= 0.6 is 0 Å². The minimum absolute atomic E-state index is 0.0407. The molecule has 5 atom stereocenters. The first kappa shape index (κ1) is 22.1. The molecule has 2 saturated carbocycles. The second kappa shape index (κ2) is 8.12. The van der Waals surface area contributed by atoms with Crippen LogP contribution in [0.15, 0.2) is 24.3 Å². The van der Waals surface area contributed by atoms with Gasteiger partial charge in [0.15, 0.2) is 0 Å². The van der Waals surface area contributed by atoms with Crippen LogP contribution < -0.4 is 15.5 Å². The lowest BCUT2D eigenvalue weighted by atomic mass is 9.59. The number of nitrogens with zero attached hydrogens (tertiary/aromatic N) is 1. The smallest absolute Gasteiger partial charge is 0.251 e. The summed E-state index contributed by atoms with van der Waals surface area (Å²) in [5.41, 5.74) is 2.01. The van der Waals surface area contributed by atoms with Gasteiger partial charge in [0.25, 0.3) is 5.91 Å². The van der Waals surface area contributed by atoms with E-state index in [1.807, 2.05) is 43.3 Å². The Labute approximate surface area is 186 Å². The summed E-state index contributed by atoms with van der Waals surface area (Å²) in [6, 6.07) is 7.86. The standard InChI is InChI=1S/C25H37N3O3/c1-16(29)27-23-24(2,3)18-14-20-21(31-13-11-25(20,23)15-18)10-12-26-22(30)17-6-8-19(9-7-17)28(4)5/h6-9,18,20-21,23H,10-15H2,1-5H3,(H,26,30)(H,27,29)/t18-,20-,21-,23+,25-/m1/s1. The molecule has 1 aromatic rings. The average molecular weight is 428 g/mol. The van der Waals surface area contributed by atoms with Gasteiger partial charge in [0.2, 0.25) is 5.91 Å². The van der Waals surface area contributed by atoms with Gasteiger partial charge in [0, 0.05) is 51.5 Å². The van der Waals surface area contributed by atoms with Crippen LogP contribution in [0.4, 0.5) is 5.69 Å². The van der Waals surface area contributed by atoms with Crippen molar-refractivity contribution in [3.63, 3.8) is 0 Å². The van der Waals surface area contributed by atoms with Crippen LogP contribution in [0.3, 0.4) is 0 Å². The third-order valence-electron chi connectivity index (χ3n) is 8.33.